The molecule has 5 saturated heterocycles. The molecule has 0 aromatic heterocycles. The largest absolute Gasteiger partial charge is 0.394 e. The lowest BCUT2D eigenvalue weighted by molar-refractivity contribution is -0.334. The zero-order valence-corrected chi connectivity index (χ0v) is 29.8. The van der Waals surface area contributed by atoms with Crippen LogP contribution in [0, 0.1) is 0 Å². The van der Waals surface area contributed by atoms with Crippen molar-refractivity contribution in [1.82, 2.24) is 0 Å². The zero-order chi connectivity index (χ0) is 39.2. The summed E-state index contributed by atoms with van der Waals surface area (Å²) in [6, 6.07) is 0. The molecule has 0 spiro atoms. The van der Waals surface area contributed by atoms with E-state index in [-0.39, 0.29) is 13.2 Å². The molecule has 20 atom stereocenters. The summed E-state index contributed by atoms with van der Waals surface area (Å²) in [4.78, 5) is 0. The van der Waals surface area contributed by atoms with E-state index in [9.17, 15) is 61.3 Å². The van der Waals surface area contributed by atoms with Crippen LogP contribution >= 0.6 is 0 Å². The Morgan fingerprint density at radius 3 is 1.38 bits per heavy atom. The van der Waals surface area contributed by atoms with Crippen LogP contribution in [0.4, 0.5) is 0 Å². The van der Waals surface area contributed by atoms with E-state index >= 15 is 0 Å². The Morgan fingerprint density at radius 2 is 0.887 bits per heavy atom. The van der Waals surface area contributed by atoms with Gasteiger partial charge < -0.3 is 104 Å². The highest BCUT2D eigenvalue weighted by Crippen LogP contribution is 2.39. The first-order valence-electron chi connectivity index (χ1n) is 17.6. The first-order valence-corrected chi connectivity index (χ1v) is 17.6. The second-order valence-corrected chi connectivity index (χ2v) is 15.2. The summed E-state index contributed by atoms with van der Waals surface area (Å²) >= 11 is 0. The van der Waals surface area contributed by atoms with Gasteiger partial charge in [0.05, 0.1) is 50.8 Å². The molecule has 53 heavy (non-hydrogen) atoms. The van der Waals surface area contributed by atoms with Crippen LogP contribution in [0.3, 0.4) is 0 Å². The van der Waals surface area contributed by atoms with Gasteiger partial charge in [-0.25, -0.2) is 0 Å². The maximum Gasteiger partial charge on any atom is 0.187 e. The van der Waals surface area contributed by atoms with E-state index in [4.69, 9.17) is 42.6 Å². The minimum Gasteiger partial charge on any atom is -0.394 e. The third-order valence-electron chi connectivity index (χ3n) is 10.6. The minimum atomic E-state index is -1.68. The summed E-state index contributed by atoms with van der Waals surface area (Å²) in [5.41, 5.74) is -2.90. The number of aliphatic hydroxyl groups is 12. The predicted octanol–water partition coefficient (Wildman–Crippen LogP) is -7.04. The molecule has 0 radical (unpaired) electrons. The monoisotopic (exact) mass is 776 g/mol. The molecule has 21 heteroatoms. The fourth-order valence-electron chi connectivity index (χ4n) is 7.51. The summed E-state index contributed by atoms with van der Waals surface area (Å²) in [6.45, 7) is 3.40. The second kappa shape index (κ2) is 17.3. The summed E-state index contributed by atoms with van der Waals surface area (Å²) in [5.74, 6) is 0. The van der Waals surface area contributed by atoms with Gasteiger partial charge in [0.15, 0.2) is 12.6 Å². The molecule has 0 bridgehead atoms. The topological polar surface area (TPSA) is 326 Å². The van der Waals surface area contributed by atoms with Gasteiger partial charge in [0.25, 0.3) is 0 Å². The average molecular weight is 777 g/mol. The SMILES string of the molecule is CC(C)(O[C@@H]1CO[C@@H](CO)C(O)C1O)[C@@H]1OC[C@@H](OC(C)(C)[C@@H]2OC[C@@H](O)C(O[C@@H]3O[C@@H](CO)C(O)C3O)C2O[C@@H]2O[C@@H](CO)C(O)C2O)C(O)C1O. The van der Waals surface area contributed by atoms with Gasteiger partial charge in [0.2, 0.25) is 0 Å². The van der Waals surface area contributed by atoms with Gasteiger partial charge in [-0.05, 0) is 27.7 Å². The van der Waals surface area contributed by atoms with Crippen molar-refractivity contribution in [2.75, 3.05) is 39.6 Å². The predicted molar refractivity (Wildman–Crippen MR) is 170 cm³/mol. The first-order chi connectivity index (χ1) is 24.9. The molecule has 0 aromatic carbocycles. The molecule has 10 unspecified atom stereocenters. The highest BCUT2D eigenvalue weighted by atomic mass is 16.8. The highest BCUT2D eigenvalue weighted by Gasteiger charge is 2.57. The van der Waals surface area contributed by atoms with Gasteiger partial charge in [0.1, 0.15) is 110 Å². The fraction of sp³-hybridized carbons (Fsp3) is 1.00. The van der Waals surface area contributed by atoms with Crippen LogP contribution in [0.25, 0.3) is 0 Å². The third-order valence-corrected chi connectivity index (χ3v) is 10.6. The Morgan fingerprint density at radius 1 is 0.472 bits per heavy atom. The molecule has 5 fully saturated rings. The molecule has 21 nitrogen and oxygen atoms in total. The molecule has 5 heterocycles. The Hall–Kier alpha value is -0.840. The van der Waals surface area contributed by atoms with Crippen molar-refractivity contribution in [3.8, 4) is 0 Å². The Kier molecular flexibility index (Phi) is 14.2. The molecular formula is C32H56O21. The van der Waals surface area contributed by atoms with Crippen molar-refractivity contribution < 1.29 is 104 Å². The molecular weight excluding hydrogens is 720 g/mol. The van der Waals surface area contributed by atoms with Crippen molar-refractivity contribution in [2.45, 2.75) is 161 Å². The van der Waals surface area contributed by atoms with E-state index in [0.29, 0.717) is 0 Å². The fourth-order valence-corrected chi connectivity index (χ4v) is 7.51. The second-order valence-electron chi connectivity index (χ2n) is 15.2. The van der Waals surface area contributed by atoms with E-state index in [1.807, 2.05) is 0 Å². The van der Waals surface area contributed by atoms with Crippen molar-refractivity contribution >= 4 is 0 Å². The maximum atomic E-state index is 11.3. The van der Waals surface area contributed by atoms with E-state index in [0.717, 1.165) is 0 Å². The normalized spacial score (nSPS) is 48.7. The van der Waals surface area contributed by atoms with Gasteiger partial charge >= 0.3 is 0 Å². The molecule has 0 saturated carbocycles. The van der Waals surface area contributed by atoms with Gasteiger partial charge in [-0.2, -0.15) is 0 Å². The summed E-state index contributed by atoms with van der Waals surface area (Å²) in [7, 11) is 0. The number of aliphatic hydroxyl groups excluding tert-OH is 12. The van der Waals surface area contributed by atoms with Crippen LogP contribution in [0.2, 0.25) is 0 Å². The molecule has 0 aromatic rings. The van der Waals surface area contributed by atoms with Crippen LogP contribution in [0.15, 0.2) is 0 Å². The van der Waals surface area contributed by atoms with Gasteiger partial charge in [0, 0.05) is 0 Å². The van der Waals surface area contributed by atoms with Gasteiger partial charge in [-0.15, -0.1) is 0 Å². The standard InChI is InChI=1S/C32H56O21/c1-31(2,52-15-9-45-12(5-33)17(37)20(15)40)27-22(42)21(41)16(10-47-27)53-32(3,4)28-26(51-30-24(44)19(39)14(7-35)49-30)25(11(36)8-46-28)50-29-23(43)18(38)13(6-34)48-29/h11-30,33-44H,5-10H2,1-4H3/t11-,12+,13+,14+,15-,16-,17?,18?,19?,20?,21?,22?,23?,24?,25?,26?,27-,28-,29+,30+/m1/s1. The van der Waals surface area contributed by atoms with Crippen LogP contribution in [-0.4, -0.2) is 235 Å². The van der Waals surface area contributed by atoms with E-state index in [1.165, 1.54) is 13.8 Å². The Labute approximate surface area is 305 Å². The lowest BCUT2D eigenvalue weighted by Crippen LogP contribution is -2.67. The molecule has 0 aliphatic carbocycles. The summed E-state index contributed by atoms with van der Waals surface area (Å²) < 4.78 is 52.6. The molecule has 0 amide bonds. The van der Waals surface area contributed by atoms with Crippen LogP contribution in [-0.2, 0) is 42.6 Å². The molecule has 5 rings (SSSR count). The Balaban J connectivity index is 1.32. The zero-order valence-electron chi connectivity index (χ0n) is 29.8. The van der Waals surface area contributed by atoms with Gasteiger partial charge in [-0.1, -0.05) is 0 Å². The highest BCUT2D eigenvalue weighted by molar-refractivity contribution is 5.03. The van der Waals surface area contributed by atoms with Crippen LogP contribution < -0.4 is 0 Å². The quantitative estimate of drug-likeness (QED) is 0.0827. The van der Waals surface area contributed by atoms with Crippen molar-refractivity contribution in [1.29, 1.82) is 0 Å². The van der Waals surface area contributed by atoms with Crippen molar-refractivity contribution in [3.63, 3.8) is 0 Å². The first kappa shape index (κ1) is 43.3. The number of rotatable bonds is 13. The van der Waals surface area contributed by atoms with E-state index in [1.54, 1.807) is 13.8 Å². The number of ether oxygens (including phenoxy) is 9. The molecule has 5 aliphatic rings. The van der Waals surface area contributed by atoms with Crippen molar-refractivity contribution in [2.24, 2.45) is 0 Å². The number of hydrogen-bond donors (Lipinski definition) is 12. The van der Waals surface area contributed by atoms with E-state index in [2.05, 4.69) is 0 Å². The summed E-state index contributed by atoms with van der Waals surface area (Å²) in [6.07, 6.45) is -28.4. The molecule has 310 valence electrons. The summed E-state index contributed by atoms with van der Waals surface area (Å²) in [5, 5.41) is 125. The van der Waals surface area contributed by atoms with E-state index < -0.39 is 160 Å². The molecule has 12 N–H and O–H groups in total. The maximum absolute atomic E-state index is 11.3. The van der Waals surface area contributed by atoms with Crippen LogP contribution in [0.5, 0.6) is 0 Å². The minimum absolute atomic E-state index is 0.181. The lowest BCUT2D eigenvalue weighted by Gasteiger charge is -2.50. The smallest absolute Gasteiger partial charge is 0.187 e. The van der Waals surface area contributed by atoms with Crippen LogP contribution in [0.1, 0.15) is 27.7 Å². The molecule has 5 aliphatic heterocycles. The number of hydrogen-bond acceptors (Lipinski definition) is 21. The van der Waals surface area contributed by atoms with Crippen molar-refractivity contribution in [3.05, 3.63) is 0 Å². The lowest BCUT2D eigenvalue weighted by atomic mass is 9.86. The van der Waals surface area contributed by atoms with Gasteiger partial charge in [-0.3, -0.25) is 0 Å². The Bertz CT molecular complexity index is 1160. The third kappa shape index (κ3) is 8.86. The average Bonchev–Trinajstić information content (AvgIpc) is 3.54.